The number of hydrogen-bond donors (Lipinski definition) is 1. The largest absolute Gasteiger partial charge is 0.272 e. The van der Waals surface area contributed by atoms with Crippen molar-refractivity contribution in [2.24, 2.45) is 11.0 Å². The Morgan fingerprint density at radius 2 is 1.77 bits per heavy atom. The fourth-order valence-electron chi connectivity index (χ4n) is 2.44. The van der Waals surface area contributed by atoms with Gasteiger partial charge in [0.05, 0.1) is 5.69 Å². The van der Waals surface area contributed by atoms with Gasteiger partial charge >= 0.3 is 0 Å². The highest BCUT2D eigenvalue weighted by molar-refractivity contribution is 5.99. The van der Waals surface area contributed by atoms with E-state index >= 15 is 0 Å². The Hall–Kier alpha value is -2.04. The lowest BCUT2D eigenvalue weighted by atomic mass is 9.86. The number of hydrazine groups is 1. The highest BCUT2D eigenvalue weighted by Crippen LogP contribution is 2.30. The molecule has 1 aromatic carbocycles. The van der Waals surface area contributed by atoms with Crippen LogP contribution >= 0.6 is 0 Å². The maximum atomic E-state index is 12.9. The van der Waals surface area contributed by atoms with Gasteiger partial charge in [0.1, 0.15) is 5.54 Å². The predicted molar refractivity (Wildman–Crippen MR) is 89.0 cm³/mol. The summed E-state index contributed by atoms with van der Waals surface area (Å²) in [5.41, 5.74) is 8.45. The van der Waals surface area contributed by atoms with Crippen molar-refractivity contribution in [1.82, 2.24) is 0 Å². The number of anilines is 1. The van der Waals surface area contributed by atoms with Crippen LogP contribution in [0.25, 0.3) is 10.4 Å². The summed E-state index contributed by atoms with van der Waals surface area (Å²) < 4.78 is 0. The first-order valence-electron chi connectivity index (χ1n) is 7.82. The fraction of sp³-hybridized carbons (Fsp3) is 0.562. The topological polar surface area (TPSA) is 95.1 Å². The van der Waals surface area contributed by atoms with Crippen LogP contribution < -0.4 is 10.9 Å². The number of carbonyl (C=O) groups excluding carboxylic acids is 1. The van der Waals surface area contributed by atoms with Crippen LogP contribution in [-0.4, -0.2) is 11.4 Å². The molecular weight excluding hydrogens is 278 g/mol. The van der Waals surface area contributed by atoms with E-state index in [4.69, 9.17) is 11.4 Å². The number of nitrogens with two attached hydrogens (primary N) is 1. The number of amides is 1. The normalized spacial score (nSPS) is 10.9. The van der Waals surface area contributed by atoms with E-state index < -0.39 is 5.54 Å². The van der Waals surface area contributed by atoms with Crippen molar-refractivity contribution < 1.29 is 4.79 Å². The van der Waals surface area contributed by atoms with Crippen LogP contribution in [0.4, 0.5) is 5.69 Å². The van der Waals surface area contributed by atoms with Crippen LogP contribution in [0.15, 0.2) is 35.4 Å². The van der Waals surface area contributed by atoms with Gasteiger partial charge in [-0.3, -0.25) is 4.79 Å². The third-order valence-corrected chi connectivity index (χ3v) is 3.78. The van der Waals surface area contributed by atoms with Gasteiger partial charge < -0.3 is 0 Å². The highest BCUT2D eigenvalue weighted by Gasteiger charge is 2.39. The molecule has 6 heteroatoms. The molecule has 0 aliphatic rings. The van der Waals surface area contributed by atoms with Crippen molar-refractivity contribution in [2.75, 3.05) is 5.01 Å². The molecule has 0 fully saturated rings. The van der Waals surface area contributed by atoms with Gasteiger partial charge in [0.15, 0.2) is 0 Å². The van der Waals surface area contributed by atoms with E-state index in [9.17, 15) is 4.79 Å². The first kappa shape index (κ1) is 18.0. The number of para-hydroxylation sites is 1. The fourth-order valence-corrected chi connectivity index (χ4v) is 2.44. The van der Waals surface area contributed by atoms with Gasteiger partial charge in [-0.15, -0.1) is 0 Å². The summed E-state index contributed by atoms with van der Waals surface area (Å²) in [6.07, 6.45) is 4.53. The molecule has 0 aliphatic carbocycles. The lowest BCUT2D eigenvalue weighted by Gasteiger charge is -2.31. The van der Waals surface area contributed by atoms with Crippen LogP contribution in [0.1, 0.15) is 52.4 Å². The summed E-state index contributed by atoms with van der Waals surface area (Å²) >= 11 is 0. The zero-order valence-corrected chi connectivity index (χ0v) is 13.4. The molecule has 0 unspecified atom stereocenters. The van der Waals surface area contributed by atoms with E-state index in [-0.39, 0.29) is 5.91 Å². The molecule has 0 radical (unpaired) electrons. The Kier molecular flexibility index (Phi) is 7.43. The average molecular weight is 303 g/mol. The summed E-state index contributed by atoms with van der Waals surface area (Å²) in [7, 11) is 0. The predicted octanol–water partition coefficient (Wildman–Crippen LogP) is 4.32. The van der Waals surface area contributed by atoms with Crippen LogP contribution in [0.5, 0.6) is 0 Å². The van der Waals surface area contributed by atoms with E-state index in [2.05, 4.69) is 10.0 Å². The van der Waals surface area contributed by atoms with E-state index in [1.165, 1.54) is 0 Å². The minimum absolute atomic E-state index is 0.335. The molecule has 0 atom stereocenters. The second-order valence-corrected chi connectivity index (χ2v) is 5.44. The van der Waals surface area contributed by atoms with Crippen LogP contribution in [0.3, 0.4) is 0 Å². The molecule has 0 aliphatic heterocycles. The number of carbonyl (C=O) groups is 1. The van der Waals surface area contributed by atoms with Gasteiger partial charge in [0.2, 0.25) is 0 Å². The van der Waals surface area contributed by atoms with Crippen molar-refractivity contribution >= 4 is 11.6 Å². The van der Waals surface area contributed by atoms with E-state index in [1.54, 1.807) is 12.1 Å². The maximum absolute atomic E-state index is 12.9. The van der Waals surface area contributed by atoms with Crippen molar-refractivity contribution in [3.05, 3.63) is 40.8 Å². The van der Waals surface area contributed by atoms with Crippen LogP contribution in [0, 0.1) is 0 Å². The Morgan fingerprint density at radius 1 is 1.23 bits per heavy atom. The highest BCUT2D eigenvalue weighted by atomic mass is 16.2. The second-order valence-electron chi connectivity index (χ2n) is 5.44. The standard InChI is InChI=1S/C16H25N5O/c1-3-5-12-16(19-20-17,13-6-4-2)15(22)21(18)14-10-8-7-9-11-14/h7-11H,3-6,12-13,18H2,1-2H3. The van der Waals surface area contributed by atoms with Crippen molar-refractivity contribution in [3.8, 4) is 0 Å². The SMILES string of the molecule is CCCCC(CCCC)(N=[N+]=[N-])C(=O)N(N)c1ccccc1. The third-order valence-electron chi connectivity index (χ3n) is 3.78. The average Bonchev–Trinajstić information content (AvgIpc) is 2.57. The molecule has 0 spiro atoms. The summed E-state index contributed by atoms with van der Waals surface area (Å²) in [6, 6.07) is 9.01. The van der Waals surface area contributed by atoms with Crippen LogP contribution in [0.2, 0.25) is 0 Å². The minimum Gasteiger partial charge on any atom is -0.272 e. The van der Waals surface area contributed by atoms with Gasteiger partial charge in [0, 0.05) is 4.91 Å². The van der Waals surface area contributed by atoms with Crippen LogP contribution in [-0.2, 0) is 4.79 Å². The first-order valence-corrected chi connectivity index (χ1v) is 7.82. The molecule has 1 rings (SSSR count). The zero-order chi connectivity index (χ0) is 16.4. The Labute approximate surface area is 131 Å². The van der Waals surface area contributed by atoms with Gasteiger partial charge in [0.25, 0.3) is 5.91 Å². The molecule has 0 bridgehead atoms. The number of hydrogen-bond acceptors (Lipinski definition) is 3. The molecule has 1 amide bonds. The summed E-state index contributed by atoms with van der Waals surface area (Å²) in [4.78, 5) is 15.8. The van der Waals surface area contributed by atoms with E-state index in [0.29, 0.717) is 18.5 Å². The number of azide groups is 1. The number of nitrogens with zero attached hydrogens (tertiary/aromatic N) is 4. The molecule has 2 N–H and O–H groups in total. The summed E-state index contributed by atoms with van der Waals surface area (Å²) in [5, 5.41) is 5.00. The van der Waals surface area contributed by atoms with E-state index in [0.717, 1.165) is 30.7 Å². The lowest BCUT2D eigenvalue weighted by Crippen LogP contribution is -2.51. The van der Waals surface area contributed by atoms with E-state index in [1.807, 2.05) is 32.0 Å². The summed E-state index contributed by atoms with van der Waals surface area (Å²) in [6.45, 7) is 4.09. The lowest BCUT2D eigenvalue weighted by molar-refractivity contribution is -0.124. The molecule has 0 aromatic heterocycles. The number of benzene rings is 1. The van der Waals surface area contributed by atoms with Gasteiger partial charge in [-0.2, -0.15) is 0 Å². The maximum Gasteiger partial charge on any atom is 0.253 e. The number of unbranched alkanes of at least 4 members (excludes halogenated alkanes) is 2. The molecular formula is C16H25N5O. The Balaban J connectivity index is 3.11. The molecule has 22 heavy (non-hydrogen) atoms. The monoisotopic (exact) mass is 303 g/mol. The van der Waals surface area contributed by atoms with Gasteiger partial charge in [-0.25, -0.2) is 10.9 Å². The molecule has 0 saturated carbocycles. The Morgan fingerprint density at radius 3 is 2.23 bits per heavy atom. The zero-order valence-electron chi connectivity index (χ0n) is 13.4. The van der Waals surface area contributed by atoms with Gasteiger partial charge in [-0.1, -0.05) is 62.8 Å². The molecule has 6 nitrogen and oxygen atoms in total. The van der Waals surface area contributed by atoms with Crippen molar-refractivity contribution in [3.63, 3.8) is 0 Å². The summed E-state index contributed by atoms with van der Waals surface area (Å²) in [5.74, 6) is 5.66. The molecule has 120 valence electrons. The minimum atomic E-state index is -1.09. The van der Waals surface area contributed by atoms with Crippen molar-refractivity contribution in [1.29, 1.82) is 0 Å². The van der Waals surface area contributed by atoms with Crippen molar-refractivity contribution in [2.45, 2.75) is 57.9 Å². The smallest absolute Gasteiger partial charge is 0.253 e. The number of rotatable bonds is 9. The molecule has 0 saturated heterocycles. The third kappa shape index (κ3) is 4.48. The quantitative estimate of drug-likeness (QED) is 0.183. The molecule has 1 aromatic rings. The molecule has 0 heterocycles. The first-order chi connectivity index (χ1) is 10.6. The second kappa shape index (κ2) is 9.07. The van der Waals surface area contributed by atoms with Gasteiger partial charge in [-0.05, 0) is 30.5 Å². The Bertz CT molecular complexity index is 503.